The standard InChI is InChI=1S/C15H17N5O2/c1-9(2)10-3-5-11(6-4-10)18-13(21)7-12-14(22)19-15-16-8-17-20(12)15/h3-6,8-9,12H,7H2,1-2H3,(H,18,21)(H,16,17,19,22)/t12-/m1/s1. The van der Waals surface area contributed by atoms with Gasteiger partial charge in [-0.25, -0.2) is 4.68 Å². The van der Waals surface area contributed by atoms with Crippen LogP contribution in [0.2, 0.25) is 0 Å². The van der Waals surface area contributed by atoms with Crippen molar-refractivity contribution in [2.24, 2.45) is 0 Å². The van der Waals surface area contributed by atoms with Gasteiger partial charge in [0.1, 0.15) is 12.4 Å². The second kappa shape index (κ2) is 5.59. The number of carbonyl (C=O) groups excluding carboxylic acids is 2. The molecule has 2 heterocycles. The first kappa shape index (κ1) is 14.2. The predicted octanol–water partition coefficient (Wildman–Crippen LogP) is 1.92. The molecule has 1 atom stereocenters. The molecule has 2 N–H and O–H groups in total. The molecular weight excluding hydrogens is 282 g/mol. The van der Waals surface area contributed by atoms with Crippen molar-refractivity contribution in [2.75, 3.05) is 10.6 Å². The fourth-order valence-corrected chi connectivity index (χ4v) is 2.39. The molecule has 0 saturated carbocycles. The maximum Gasteiger partial charge on any atom is 0.252 e. The first-order valence-electron chi connectivity index (χ1n) is 7.15. The van der Waals surface area contributed by atoms with Gasteiger partial charge in [0.2, 0.25) is 11.9 Å². The number of anilines is 2. The quantitative estimate of drug-likeness (QED) is 0.902. The Hall–Kier alpha value is -2.70. The highest BCUT2D eigenvalue weighted by atomic mass is 16.2. The zero-order valence-electron chi connectivity index (χ0n) is 12.4. The Morgan fingerprint density at radius 1 is 1.36 bits per heavy atom. The van der Waals surface area contributed by atoms with Crippen molar-refractivity contribution < 1.29 is 9.59 Å². The van der Waals surface area contributed by atoms with Gasteiger partial charge >= 0.3 is 0 Å². The number of benzene rings is 1. The molecule has 7 nitrogen and oxygen atoms in total. The smallest absolute Gasteiger partial charge is 0.252 e. The van der Waals surface area contributed by atoms with Crippen LogP contribution >= 0.6 is 0 Å². The van der Waals surface area contributed by atoms with Gasteiger partial charge in [-0.05, 0) is 23.6 Å². The average molecular weight is 299 g/mol. The Bertz CT molecular complexity index is 705. The number of fused-ring (bicyclic) bond motifs is 1. The number of hydrogen-bond acceptors (Lipinski definition) is 4. The molecule has 1 aliphatic heterocycles. The van der Waals surface area contributed by atoms with Crippen LogP contribution in [0.15, 0.2) is 30.6 Å². The molecule has 0 radical (unpaired) electrons. The summed E-state index contributed by atoms with van der Waals surface area (Å²) < 4.78 is 1.43. The SMILES string of the molecule is CC(C)c1ccc(NC(=O)C[C@@H]2C(=O)Nc3ncnn32)cc1. The molecule has 0 bridgehead atoms. The summed E-state index contributed by atoms with van der Waals surface area (Å²) in [4.78, 5) is 27.8. The van der Waals surface area contributed by atoms with E-state index in [2.05, 4.69) is 34.6 Å². The largest absolute Gasteiger partial charge is 0.326 e. The summed E-state index contributed by atoms with van der Waals surface area (Å²) in [7, 11) is 0. The Labute approximate surface area is 127 Å². The highest BCUT2D eigenvalue weighted by molar-refractivity contribution is 6.00. The van der Waals surface area contributed by atoms with Crippen molar-refractivity contribution in [1.29, 1.82) is 0 Å². The number of carbonyl (C=O) groups is 2. The monoisotopic (exact) mass is 299 g/mol. The van der Waals surface area contributed by atoms with Gasteiger partial charge < -0.3 is 5.32 Å². The lowest BCUT2D eigenvalue weighted by atomic mass is 10.0. The molecule has 1 aromatic heterocycles. The average Bonchev–Trinajstić information content (AvgIpc) is 3.03. The first-order chi connectivity index (χ1) is 10.5. The zero-order chi connectivity index (χ0) is 15.7. The summed E-state index contributed by atoms with van der Waals surface area (Å²) in [6.45, 7) is 4.23. The van der Waals surface area contributed by atoms with Gasteiger partial charge in [0.05, 0.1) is 6.42 Å². The third-order valence-corrected chi connectivity index (χ3v) is 3.65. The molecular formula is C15H17N5O2. The number of amides is 2. The van der Waals surface area contributed by atoms with Crippen LogP contribution in [-0.2, 0) is 9.59 Å². The van der Waals surface area contributed by atoms with Gasteiger partial charge in [-0.1, -0.05) is 26.0 Å². The van der Waals surface area contributed by atoms with Crippen molar-refractivity contribution >= 4 is 23.5 Å². The van der Waals surface area contributed by atoms with Gasteiger partial charge in [0.15, 0.2) is 0 Å². The maximum atomic E-state index is 12.1. The van der Waals surface area contributed by atoms with Crippen LogP contribution in [0.1, 0.15) is 37.8 Å². The van der Waals surface area contributed by atoms with Gasteiger partial charge in [-0.15, -0.1) is 0 Å². The lowest BCUT2D eigenvalue weighted by Gasteiger charge is -2.11. The third kappa shape index (κ3) is 2.69. The Morgan fingerprint density at radius 2 is 2.09 bits per heavy atom. The minimum absolute atomic E-state index is 0.0219. The van der Waals surface area contributed by atoms with E-state index in [-0.39, 0.29) is 18.2 Å². The fourth-order valence-electron chi connectivity index (χ4n) is 2.39. The molecule has 0 spiro atoms. The van der Waals surface area contributed by atoms with Crippen LogP contribution in [0, 0.1) is 0 Å². The van der Waals surface area contributed by atoms with E-state index in [0.717, 1.165) is 0 Å². The van der Waals surface area contributed by atoms with Crippen molar-refractivity contribution in [3.8, 4) is 0 Å². The first-order valence-corrected chi connectivity index (χ1v) is 7.15. The Kier molecular flexibility index (Phi) is 3.62. The fraction of sp³-hybridized carbons (Fsp3) is 0.333. The van der Waals surface area contributed by atoms with Crippen LogP contribution in [0.25, 0.3) is 0 Å². The van der Waals surface area contributed by atoms with Gasteiger partial charge in [0, 0.05) is 5.69 Å². The Morgan fingerprint density at radius 3 is 2.77 bits per heavy atom. The van der Waals surface area contributed by atoms with Crippen molar-refractivity contribution in [2.45, 2.75) is 32.2 Å². The summed E-state index contributed by atoms with van der Waals surface area (Å²) in [5.41, 5.74) is 1.92. The van der Waals surface area contributed by atoms with Crippen LogP contribution in [0.5, 0.6) is 0 Å². The molecule has 2 aromatic rings. The topological polar surface area (TPSA) is 88.9 Å². The van der Waals surface area contributed by atoms with E-state index in [0.29, 0.717) is 17.6 Å². The van der Waals surface area contributed by atoms with Crippen LogP contribution in [0.4, 0.5) is 11.6 Å². The van der Waals surface area contributed by atoms with Gasteiger partial charge in [0.25, 0.3) is 5.91 Å². The van der Waals surface area contributed by atoms with Crippen molar-refractivity contribution in [3.63, 3.8) is 0 Å². The molecule has 114 valence electrons. The second-order valence-corrected chi connectivity index (χ2v) is 5.56. The van der Waals surface area contributed by atoms with Crippen LogP contribution < -0.4 is 10.6 Å². The highest BCUT2D eigenvalue weighted by Gasteiger charge is 2.33. The summed E-state index contributed by atoms with van der Waals surface area (Å²) >= 11 is 0. The minimum atomic E-state index is -0.646. The summed E-state index contributed by atoms with van der Waals surface area (Å²) in [5.74, 6) is 0.323. The number of nitrogens with one attached hydrogen (secondary N) is 2. The number of nitrogens with zero attached hydrogens (tertiary/aromatic N) is 3. The van der Waals surface area contributed by atoms with E-state index in [1.165, 1.54) is 16.6 Å². The predicted molar refractivity (Wildman–Crippen MR) is 81.5 cm³/mol. The molecule has 3 rings (SSSR count). The van der Waals surface area contributed by atoms with E-state index >= 15 is 0 Å². The maximum absolute atomic E-state index is 12.1. The molecule has 7 heteroatoms. The highest BCUT2D eigenvalue weighted by Crippen LogP contribution is 2.24. The third-order valence-electron chi connectivity index (χ3n) is 3.65. The summed E-state index contributed by atoms with van der Waals surface area (Å²) in [6, 6.07) is 7.05. The number of hydrogen-bond donors (Lipinski definition) is 2. The molecule has 2 amide bonds. The van der Waals surface area contributed by atoms with Crippen LogP contribution in [-0.4, -0.2) is 26.6 Å². The molecule has 1 aliphatic rings. The Balaban J connectivity index is 1.64. The lowest BCUT2D eigenvalue weighted by molar-refractivity contribution is -0.123. The summed E-state index contributed by atoms with van der Waals surface area (Å²) in [6.07, 6.45) is 1.37. The number of rotatable bonds is 4. The van der Waals surface area contributed by atoms with Crippen molar-refractivity contribution in [3.05, 3.63) is 36.2 Å². The van der Waals surface area contributed by atoms with Crippen molar-refractivity contribution in [1.82, 2.24) is 14.8 Å². The van der Waals surface area contributed by atoms with Gasteiger partial charge in [-0.3, -0.25) is 14.9 Å². The lowest BCUT2D eigenvalue weighted by Crippen LogP contribution is -2.23. The molecule has 0 aliphatic carbocycles. The number of aromatic nitrogens is 3. The summed E-state index contributed by atoms with van der Waals surface area (Å²) in [5, 5.41) is 9.35. The molecule has 0 unspecified atom stereocenters. The van der Waals surface area contributed by atoms with E-state index in [9.17, 15) is 9.59 Å². The molecule has 22 heavy (non-hydrogen) atoms. The van der Waals surface area contributed by atoms with Gasteiger partial charge in [-0.2, -0.15) is 10.1 Å². The normalized spacial score (nSPS) is 16.5. The van der Waals surface area contributed by atoms with E-state index in [4.69, 9.17) is 0 Å². The molecule has 0 fully saturated rings. The van der Waals surface area contributed by atoms with E-state index in [1.807, 2.05) is 24.3 Å². The second-order valence-electron chi connectivity index (χ2n) is 5.56. The van der Waals surface area contributed by atoms with E-state index < -0.39 is 6.04 Å². The molecule has 1 aromatic carbocycles. The molecule has 0 saturated heterocycles. The minimum Gasteiger partial charge on any atom is -0.326 e. The van der Waals surface area contributed by atoms with E-state index in [1.54, 1.807) is 0 Å². The zero-order valence-corrected chi connectivity index (χ0v) is 12.4. The van der Waals surface area contributed by atoms with Crippen LogP contribution in [0.3, 0.4) is 0 Å².